The molecule has 2 atom stereocenters. The first-order valence-corrected chi connectivity index (χ1v) is 4.29. The van der Waals surface area contributed by atoms with Gasteiger partial charge >= 0.3 is 5.97 Å². The van der Waals surface area contributed by atoms with Crippen LogP contribution in [-0.2, 0) is 4.79 Å². The van der Waals surface area contributed by atoms with Gasteiger partial charge in [0.2, 0.25) is 0 Å². The molecule has 0 aliphatic rings. The van der Waals surface area contributed by atoms with E-state index in [9.17, 15) is 4.79 Å². The summed E-state index contributed by atoms with van der Waals surface area (Å²) in [7, 11) is 0. The zero-order chi connectivity index (χ0) is 10.7. The van der Waals surface area contributed by atoms with Gasteiger partial charge in [0, 0.05) is 5.92 Å². The molecule has 0 bridgehead atoms. The maximum atomic E-state index is 10.6. The van der Waals surface area contributed by atoms with Gasteiger partial charge in [-0.25, -0.2) is 0 Å². The zero-order valence-corrected chi connectivity index (χ0v) is 7.84. The fourth-order valence-electron chi connectivity index (χ4n) is 1.20. The van der Waals surface area contributed by atoms with E-state index in [2.05, 4.69) is 0 Å². The minimum Gasteiger partial charge on any atom is -0.508 e. The molecule has 14 heavy (non-hydrogen) atoms. The second-order valence-electron chi connectivity index (χ2n) is 3.24. The minimum atomic E-state index is -1.02. The predicted molar refractivity (Wildman–Crippen MR) is 52.1 cm³/mol. The van der Waals surface area contributed by atoms with Crippen molar-refractivity contribution in [2.45, 2.75) is 18.9 Å². The van der Waals surface area contributed by atoms with Crippen molar-refractivity contribution in [1.82, 2.24) is 0 Å². The monoisotopic (exact) mass is 195 g/mol. The standard InChI is InChI=1S/C10H13NO3/c1-6(9(11)10(13)14)7-2-4-8(12)5-3-7/h2-6,9,12H,11H2,1H3,(H,13,14)/t6-,9-/m1/s1. The number of hydrogen-bond acceptors (Lipinski definition) is 3. The van der Waals surface area contributed by atoms with Crippen molar-refractivity contribution in [3.05, 3.63) is 29.8 Å². The van der Waals surface area contributed by atoms with Crippen LogP contribution in [0.4, 0.5) is 0 Å². The Bertz CT molecular complexity index is 321. The van der Waals surface area contributed by atoms with Gasteiger partial charge in [-0.05, 0) is 17.7 Å². The highest BCUT2D eigenvalue weighted by Crippen LogP contribution is 2.20. The Labute approximate surface area is 82.0 Å². The molecule has 0 saturated heterocycles. The molecule has 0 saturated carbocycles. The van der Waals surface area contributed by atoms with Crippen LogP contribution in [0, 0.1) is 0 Å². The van der Waals surface area contributed by atoms with Gasteiger partial charge in [-0.3, -0.25) is 4.79 Å². The molecular weight excluding hydrogens is 182 g/mol. The number of aromatic hydroxyl groups is 1. The lowest BCUT2D eigenvalue weighted by molar-refractivity contribution is -0.139. The van der Waals surface area contributed by atoms with Crippen LogP contribution < -0.4 is 5.73 Å². The molecule has 0 aliphatic carbocycles. The van der Waals surface area contributed by atoms with Gasteiger partial charge in [0.1, 0.15) is 11.8 Å². The first-order chi connectivity index (χ1) is 6.52. The summed E-state index contributed by atoms with van der Waals surface area (Å²) in [6.07, 6.45) is 0. The summed E-state index contributed by atoms with van der Waals surface area (Å²) in [5, 5.41) is 17.7. The largest absolute Gasteiger partial charge is 0.508 e. The Morgan fingerprint density at radius 2 is 1.86 bits per heavy atom. The first kappa shape index (κ1) is 10.5. The molecule has 0 radical (unpaired) electrons. The van der Waals surface area contributed by atoms with Gasteiger partial charge in [-0.2, -0.15) is 0 Å². The first-order valence-electron chi connectivity index (χ1n) is 4.29. The van der Waals surface area contributed by atoms with E-state index < -0.39 is 12.0 Å². The number of phenolic OH excluding ortho intramolecular Hbond substituents is 1. The van der Waals surface area contributed by atoms with Crippen molar-refractivity contribution < 1.29 is 15.0 Å². The quantitative estimate of drug-likeness (QED) is 0.669. The van der Waals surface area contributed by atoms with Gasteiger partial charge in [0.15, 0.2) is 0 Å². The molecule has 0 aromatic heterocycles. The fourth-order valence-corrected chi connectivity index (χ4v) is 1.20. The van der Waals surface area contributed by atoms with Crippen molar-refractivity contribution in [2.24, 2.45) is 5.73 Å². The lowest BCUT2D eigenvalue weighted by Crippen LogP contribution is -2.35. The van der Waals surface area contributed by atoms with Crippen molar-refractivity contribution in [1.29, 1.82) is 0 Å². The normalized spacial score (nSPS) is 14.7. The predicted octanol–water partition coefficient (Wildman–Crippen LogP) is 0.908. The van der Waals surface area contributed by atoms with Crippen LogP contribution in [0.5, 0.6) is 5.75 Å². The Hall–Kier alpha value is -1.55. The van der Waals surface area contributed by atoms with Gasteiger partial charge in [0.05, 0.1) is 0 Å². The number of carboxylic acids is 1. The maximum absolute atomic E-state index is 10.6. The second-order valence-corrected chi connectivity index (χ2v) is 3.24. The van der Waals surface area contributed by atoms with Gasteiger partial charge < -0.3 is 15.9 Å². The topological polar surface area (TPSA) is 83.5 Å². The maximum Gasteiger partial charge on any atom is 0.321 e. The Kier molecular flexibility index (Phi) is 3.09. The minimum absolute atomic E-state index is 0.157. The number of rotatable bonds is 3. The molecule has 76 valence electrons. The van der Waals surface area contributed by atoms with E-state index in [1.807, 2.05) is 0 Å². The SMILES string of the molecule is C[C@H](c1ccc(O)cc1)[C@@H](N)C(=O)O. The van der Waals surface area contributed by atoms with Gasteiger partial charge in [0.25, 0.3) is 0 Å². The Balaban J connectivity index is 2.84. The van der Waals surface area contributed by atoms with Crippen molar-refractivity contribution >= 4 is 5.97 Å². The Morgan fingerprint density at radius 3 is 2.29 bits per heavy atom. The summed E-state index contributed by atoms with van der Waals surface area (Å²) in [5.74, 6) is -1.14. The summed E-state index contributed by atoms with van der Waals surface area (Å²) < 4.78 is 0. The van der Waals surface area contributed by atoms with Crippen molar-refractivity contribution in [2.75, 3.05) is 0 Å². The number of hydrogen-bond donors (Lipinski definition) is 3. The summed E-state index contributed by atoms with van der Waals surface area (Å²) in [6, 6.07) is 5.45. The molecule has 0 unspecified atom stereocenters. The second kappa shape index (κ2) is 4.11. The highest BCUT2D eigenvalue weighted by molar-refractivity contribution is 5.74. The number of phenols is 1. The highest BCUT2D eigenvalue weighted by atomic mass is 16.4. The molecule has 0 spiro atoms. The smallest absolute Gasteiger partial charge is 0.321 e. The molecule has 1 aromatic carbocycles. The number of benzene rings is 1. The van der Waals surface area contributed by atoms with E-state index in [1.54, 1.807) is 19.1 Å². The molecule has 0 fully saturated rings. The van der Waals surface area contributed by atoms with E-state index in [1.165, 1.54) is 12.1 Å². The highest BCUT2D eigenvalue weighted by Gasteiger charge is 2.21. The zero-order valence-electron chi connectivity index (χ0n) is 7.84. The van der Waals surface area contributed by atoms with Crippen molar-refractivity contribution in [3.8, 4) is 5.75 Å². The number of aliphatic carboxylic acids is 1. The van der Waals surface area contributed by atoms with E-state index in [0.717, 1.165) is 5.56 Å². The van der Waals surface area contributed by atoms with Crippen LogP contribution in [0.3, 0.4) is 0 Å². The Morgan fingerprint density at radius 1 is 1.36 bits per heavy atom. The summed E-state index contributed by atoms with van der Waals surface area (Å²) >= 11 is 0. The van der Waals surface area contributed by atoms with Crippen LogP contribution in [-0.4, -0.2) is 22.2 Å². The van der Waals surface area contributed by atoms with E-state index in [4.69, 9.17) is 15.9 Å². The number of nitrogens with two attached hydrogens (primary N) is 1. The van der Waals surface area contributed by atoms with Crippen LogP contribution in [0.15, 0.2) is 24.3 Å². The van der Waals surface area contributed by atoms with Crippen LogP contribution in [0.25, 0.3) is 0 Å². The molecule has 4 nitrogen and oxygen atoms in total. The van der Waals surface area contributed by atoms with Gasteiger partial charge in [-0.15, -0.1) is 0 Å². The molecule has 4 heteroatoms. The van der Waals surface area contributed by atoms with Gasteiger partial charge in [-0.1, -0.05) is 19.1 Å². The molecule has 1 aromatic rings. The molecule has 4 N–H and O–H groups in total. The molecule has 0 amide bonds. The molecular formula is C10H13NO3. The number of carbonyl (C=O) groups is 1. The van der Waals surface area contributed by atoms with Crippen LogP contribution in [0.2, 0.25) is 0 Å². The average Bonchev–Trinajstić information content (AvgIpc) is 2.16. The fraction of sp³-hybridized carbons (Fsp3) is 0.300. The molecule has 0 heterocycles. The average molecular weight is 195 g/mol. The third kappa shape index (κ3) is 2.23. The van der Waals surface area contributed by atoms with E-state index >= 15 is 0 Å². The van der Waals surface area contributed by atoms with E-state index in [-0.39, 0.29) is 11.7 Å². The summed E-state index contributed by atoms with van der Waals surface area (Å²) in [4.78, 5) is 10.6. The lowest BCUT2D eigenvalue weighted by Gasteiger charge is -2.15. The number of carboxylic acid groups (broad SMARTS) is 1. The lowest BCUT2D eigenvalue weighted by atomic mass is 9.94. The molecule has 0 aliphatic heterocycles. The third-order valence-electron chi connectivity index (χ3n) is 2.24. The van der Waals surface area contributed by atoms with E-state index in [0.29, 0.717) is 0 Å². The van der Waals surface area contributed by atoms with Crippen LogP contribution >= 0.6 is 0 Å². The third-order valence-corrected chi connectivity index (χ3v) is 2.24. The van der Waals surface area contributed by atoms with Crippen LogP contribution in [0.1, 0.15) is 18.4 Å². The summed E-state index contributed by atoms with van der Waals surface area (Å²) in [6.45, 7) is 1.74. The van der Waals surface area contributed by atoms with Crippen molar-refractivity contribution in [3.63, 3.8) is 0 Å². The summed E-state index contributed by atoms with van der Waals surface area (Å²) in [5.41, 5.74) is 6.27. The molecule has 1 rings (SSSR count).